The van der Waals surface area contributed by atoms with E-state index in [0.717, 1.165) is 57.9 Å². The summed E-state index contributed by atoms with van der Waals surface area (Å²) in [5, 5.41) is 14.3. The Morgan fingerprint density at radius 2 is 1.66 bits per heavy atom. The molecule has 0 aliphatic carbocycles. The summed E-state index contributed by atoms with van der Waals surface area (Å²) in [5.41, 5.74) is 0.220. The lowest BCUT2D eigenvalue weighted by molar-refractivity contribution is 0.108. The largest absolute Gasteiger partial charge is 0.508 e. The van der Waals surface area contributed by atoms with Gasteiger partial charge in [0.1, 0.15) is 29.4 Å². The number of benzene rings is 2. The molecule has 11 heteroatoms. The number of aromatic hydroxyl groups is 1. The number of ether oxygens (including phenoxy) is 1. The van der Waals surface area contributed by atoms with E-state index in [-0.39, 0.29) is 44.8 Å². The molecule has 2 aromatic carbocycles. The minimum absolute atomic E-state index is 0.0101. The number of halogens is 3. The SMILES string of the molecule is CC.CCc1nc(-c2cc(O)cc3ccc(F)c(F)c23)c(F)c2nc(OCC34CCCN3CCC4)nc(N3CCNCC3)c12. The Bertz CT molecular complexity index is 1680. The van der Waals surface area contributed by atoms with Gasteiger partial charge in [-0.2, -0.15) is 9.97 Å². The summed E-state index contributed by atoms with van der Waals surface area (Å²) >= 11 is 0. The lowest BCUT2D eigenvalue weighted by atomic mass is 9.95. The highest BCUT2D eigenvalue weighted by Crippen LogP contribution is 2.41. The Morgan fingerprint density at radius 1 is 0.932 bits per heavy atom. The zero-order valence-corrected chi connectivity index (χ0v) is 25.5. The van der Waals surface area contributed by atoms with Gasteiger partial charge in [0.25, 0.3) is 0 Å². The van der Waals surface area contributed by atoms with Crippen molar-refractivity contribution in [1.29, 1.82) is 0 Å². The molecule has 3 fully saturated rings. The number of piperazine rings is 1. The molecule has 8 nitrogen and oxygen atoms in total. The molecule has 0 radical (unpaired) electrons. The van der Waals surface area contributed by atoms with E-state index < -0.39 is 17.5 Å². The van der Waals surface area contributed by atoms with Gasteiger partial charge in [0.05, 0.1) is 16.6 Å². The predicted octanol–water partition coefficient (Wildman–Crippen LogP) is 5.97. The zero-order valence-electron chi connectivity index (χ0n) is 25.5. The van der Waals surface area contributed by atoms with Crippen molar-refractivity contribution < 1.29 is 23.0 Å². The number of aromatic nitrogens is 3. The number of pyridine rings is 1. The average molecular weight is 609 g/mol. The first-order valence-electron chi connectivity index (χ1n) is 15.7. The minimum Gasteiger partial charge on any atom is -0.508 e. The molecule has 7 rings (SSSR count). The van der Waals surface area contributed by atoms with E-state index in [4.69, 9.17) is 9.72 Å². The van der Waals surface area contributed by atoms with Crippen LogP contribution in [-0.2, 0) is 6.42 Å². The topological polar surface area (TPSA) is 86.6 Å². The summed E-state index contributed by atoms with van der Waals surface area (Å²) in [6.07, 6.45) is 4.73. The van der Waals surface area contributed by atoms with Crippen LogP contribution in [0.4, 0.5) is 19.0 Å². The number of phenols is 1. The minimum atomic E-state index is -1.13. The van der Waals surface area contributed by atoms with Gasteiger partial charge in [-0.05, 0) is 68.8 Å². The third kappa shape index (κ3) is 5.19. The van der Waals surface area contributed by atoms with Crippen LogP contribution in [0.5, 0.6) is 11.8 Å². The molecule has 2 aromatic heterocycles. The van der Waals surface area contributed by atoms with E-state index in [9.17, 15) is 9.50 Å². The first-order valence-corrected chi connectivity index (χ1v) is 15.7. The normalized spacial score (nSPS) is 18.0. The Kier molecular flexibility index (Phi) is 8.52. The molecule has 5 heterocycles. The Hall–Kier alpha value is -3.70. The van der Waals surface area contributed by atoms with Gasteiger partial charge in [-0.1, -0.05) is 26.8 Å². The van der Waals surface area contributed by atoms with Gasteiger partial charge in [-0.3, -0.25) is 4.90 Å². The van der Waals surface area contributed by atoms with Crippen molar-refractivity contribution >= 4 is 27.5 Å². The number of rotatable bonds is 6. The maximum Gasteiger partial charge on any atom is 0.319 e. The number of fused-ring (bicyclic) bond motifs is 3. The van der Waals surface area contributed by atoms with Crippen molar-refractivity contribution in [2.24, 2.45) is 0 Å². The molecule has 3 aliphatic heterocycles. The number of hydrogen-bond acceptors (Lipinski definition) is 8. The van der Waals surface area contributed by atoms with Gasteiger partial charge in [0.2, 0.25) is 0 Å². The van der Waals surface area contributed by atoms with Crippen LogP contribution in [0.15, 0.2) is 24.3 Å². The maximum atomic E-state index is 16.7. The summed E-state index contributed by atoms with van der Waals surface area (Å²) in [4.78, 5) is 18.6. The molecule has 3 saturated heterocycles. The fourth-order valence-electron chi connectivity index (χ4n) is 7.04. The van der Waals surface area contributed by atoms with E-state index in [2.05, 4.69) is 25.1 Å². The summed E-state index contributed by atoms with van der Waals surface area (Å²) in [6, 6.07) is 4.94. The molecule has 0 unspecified atom stereocenters. The summed E-state index contributed by atoms with van der Waals surface area (Å²) in [6.45, 7) is 11.2. The molecular formula is C33H39F3N6O2. The molecule has 44 heavy (non-hydrogen) atoms. The Labute approximate surface area is 255 Å². The van der Waals surface area contributed by atoms with Crippen LogP contribution in [0.1, 0.15) is 52.1 Å². The van der Waals surface area contributed by atoms with Crippen LogP contribution in [-0.4, -0.2) is 76.4 Å². The maximum absolute atomic E-state index is 16.7. The Balaban J connectivity index is 0.00000168. The van der Waals surface area contributed by atoms with Crippen LogP contribution in [0.2, 0.25) is 0 Å². The Morgan fingerprint density at radius 3 is 2.36 bits per heavy atom. The summed E-state index contributed by atoms with van der Waals surface area (Å²) in [7, 11) is 0. The van der Waals surface area contributed by atoms with Crippen LogP contribution < -0.4 is 15.0 Å². The first kappa shape index (κ1) is 30.3. The summed E-state index contributed by atoms with van der Waals surface area (Å²) < 4.78 is 52.5. The first-order chi connectivity index (χ1) is 21.4. The molecule has 0 spiro atoms. The van der Waals surface area contributed by atoms with Crippen molar-refractivity contribution in [2.75, 3.05) is 50.8 Å². The molecular weight excluding hydrogens is 569 g/mol. The molecule has 0 saturated carbocycles. The monoisotopic (exact) mass is 608 g/mol. The van der Waals surface area contributed by atoms with Crippen LogP contribution in [0.3, 0.4) is 0 Å². The van der Waals surface area contributed by atoms with Gasteiger partial charge in [-0.25, -0.2) is 18.2 Å². The zero-order chi connectivity index (χ0) is 31.0. The van der Waals surface area contributed by atoms with Crippen LogP contribution in [0.25, 0.3) is 32.9 Å². The molecule has 4 aromatic rings. The van der Waals surface area contributed by atoms with E-state index in [1.54, 1.807) is 0 Å². The smallest absolute Gasteiger partial charge is 0.319 e. The van der Waals surface area contributed by atoms with Gasteiger partial charge in [0.15, 0.2) is 17.5 Å². The molecule has 3 aliphatic rings. The number of nitrogens with zero attached hydrogens (tertiary/aromatic N) is 5. The summed E-state index contributed by atoms with van der Waals surface area (Å²) in [5.74, 6) is -2.67. The molecule has 0 amide bonds. The highest BCUT2D eigenvalue weighted by molar-refractivity contribution is 6.01. The number of phenolic OH excluding ortho intramolecular Hbond substituents is 1. The quantitative estimate of drug-likeness (QED) is 0.277. The van der Waals surface area contributed by atoms with Crippen LogP contribution >= 0.6 is 0 Å². The number of anilines is 1. The van der Waals surface area contributed by atoms with Gasteiger partial charge < -0.3 is 20.1 Å². The average Bonchev–Trinajstić information content (AvgIpc) is 3.64. The number of aryl methyl sites for hydroxylation is 1. The second-order valence-corrected chi connectivity index (χ2v) is 11.5. The third-order valence-corrected chi connectivity index (χ3v) is 9.10. The standard InChI is InChI=1S/C31H33F3N6O2.C2H6/c1-2-22-24-28(26(34)27(36-22)20-16-19(41)15-18-5-6-21(32)25(33)23(18)20)37-30(38-29(24)39-13-9-35-10-14-39)42-17-31-7-3-11-40(31)12-4-8-31;1-2/h5-6,15-16,35,41H,2-4,7-14,17H2,1H3;1-2H3. The van der Waals surface area contributed by atoms with E-state index in [1.165, 1.54) is 18.2 Å². The lowest BCUT2D eigenvalue weighted by Gasteiger charge is -2.32. The van der Waals surface area contributed by atoms with Gasteiger partial charge in [-0.15, -0.1) is 0 Å². The molecule has 234 valence electrons. The van der Waals surface area contributed by atoms with Crippen molar-refractivity contribution in [3.05, 3.63) is 47.4 Å². The van der Waals surface area contributed by atoms with Crippen molar-refractivity contribution in [3.63, 3.8) is 0 Å². The fourth-order valence-corrected chi connectivity index (χ4v) is 7.04. The molecule has 0 bridgehead atoms. The second kappa shape index (κ2) is 12.4. The lowest BCUT2D eigenvalue weighted by Crippen LogP contribution is -2.44. The van der Waals surface area contributed by atoms with E-state index in [0.29, 0.717) is 43.0 Å². The molecule has 0 atom stereocenters. The fraction of sp³-hybridized carbons (Fsp3) is 0.485. The van der Waals surface area contributed by atoms with E-state index >= 15 is 8.78 Å². The highest BCUT2D eigenvalue weighted by atomic mass is 19.2. The number of nitrogens with one attached hydrogen (secondary N) is 1. The van der Waals surface area contributed by atoms with Gasteiger partial charge in [0, 0.05) is 37.1 Å². The van der Waals surface area contributed by atoms with Gasteiger partial charge >= 0.3 is 6.01 Å². The van der Waals surface area contributed by atoms with Crippen molar-refractivity contribution in [2.45, 2.75) is 58.4 Å². The molecule has 2 N–H and O–H groups in total. The predicted molar refractivity (Wildman–Crippen MR) is 166 cm³/mol. The van der Waals surface area contributed by atoms with E-state index in [1.807, 2.05) is 20.8 Å². The highest BCUT2D eigenvalue weighted by Gasteiger charge is 2.45. The van der Waals surface area contributed by atoms with Crippen molar-refractivity contribution in [3.8, 4) is 23.0 Å². The third-order valence-electron chi connectivity index (χ3n) is 9.10. The number of hydrogen-bond donors (Lipinski definition) is 2. The van der Waals surface area contributed by atoms with Crippen molar-refractivity contribution in [1.82, 2.24) is 25.2 Å². The second-order valence-electron chi connectivity index (χ2n) is 11.5. The van der Waals surface area contributed by atoms with Crippen LogP contribution in [0, 0.1) is 17.5 Å².